The quantitative estimate of drug-likeness (QED) is 0.343. The van der Waals surface area contributed by atoms with E-state index in [1.807, 2.05) is 20.8 Å². The number of hydrogen-bond donors (Lipinski definition) is 2. The van der Waals surface area contributed by atoms with Gasteiger partial charge >= 0.3 is 12.1 Å². The molecule has 12 nitrogen and oxygen atoms in total. The van der Waals surface area contributed by atoms with E-state index in [4.69, 9.17) is 9.47 Å². The van der Waals surface area contributed by atoms with Crippen LogP contribution in [-0.2, 0) is 19.1 Å². The fourth-order valence-electron chi connectivity index (χ4n) is 6.33. The summed E-state index contributed by atoms with van der Waals surface area (Å²) in [7, 11) is 0. The number of carbonyl (C=O) groups is 5. The number of esters is 1. The van der Waals surface area contributed by atoms with Gasteiger partial charge in [0.05, 0.1) is 24.2 Å². The molecule has 2 heterocycles. The van der Waals surface area contributed by atoms with Crippen LogP contribution in [0.15, 0.2) is 48.9 Å². The van der Waals surface area contributed by atoms with E-state index in [0.717, 1.165) is 32.1 Å². The minimum absolute atomic E-state index is 0.0111. The van der Waals surface area contributed by atoms with Gasteiger partial charge in [-0.25, -0.2) is 9.78 Å². The van der Waals surface area contributed by atoms with Crippen LogP contribution >= 0.6 is 0 Å². The van der Waals surface area contributed by atoms with Crippen LogP contribution in [0.1, 0.15) is 90.6 Å². The van der Waals surface area contributed by atoms with E-state index in [9.17, 15) is 24.0 Å². The summed E-state index contributed by atoms with van der Waals surface area (Å²) >= 11 is 0. The maximum absolute atomic E-state index is 14.1. The Hall–Kier alpha value is -4.35. The van der Waals surface area contributed by atoms with Crippen LogP contribution in [-0.4, -0.2) is 75.3 Å². The normalized spacial score (nSPS) is 19.9. The summed E-state index contributed by atoms with van der Waals surface area (Å²) in [5.74, 6) is -3.05. The van der Waals surface area contributed by atoms with Gasteiger partial charge in [0, 0.05) is 37.8 Å². The van der Waals surface area contributed by atoms with Crippen LogP contribution in [0.3, 0.4) is 0 Å². The summed E-state index contributed by atoms with van der Waals surface area (Å²) in [6.45, 7) is 10.9. The fourth-order valence-corrected chi connectivity index (χ4v) is 6.33. The smallest absolute Gasteiger partial charge is 0.415 e. The number of amides is 3. The van der Waals surface area contributed by atoms with Crippen LogP contribution in [0.4, 0.5) is 4.79 Å². The van der Waals surface area contributed by atoms with Crippen LogP contribution in [0.5, 0.6) is 5.75 Å². The monoisotopic (exact) mass is 663 g/mol. The summed E-state index contributed by atoms with van der Waals surface area (Å²) in [6, 6.07) is 7.03. The van der Waals surface area contributed by atoms with E-state index < -0.39 is 58.8 Å². The second-order valence-corrected chi connectivity index (χ2v) is 14.9. The third kappa shape index (κ3) is 10.1. The molecule has 1 aromatic heterocycles. The molecule has 1 aromatic carbocycles. The molecule has 12 heteroatoms. The Kier molecular flexibility index (Phi) is 11.9. The van der Waals surface area contributed by atoms with Crippen LogP contribution in [0, 0.1) is 23.2 Å². The van der Waals surface area contributed by atoms with Crippen LogP contribution < -0.4 is 15.4 Å². The number of nitrogens with one attached hydrogen (secondary N) is 2. The number of aromatic nitrogens is 2. The Morgan fingerprint density at radius 1 is 0.938 bits per heavy atom. The molecule has 4 rings (SSSR count). The second kappa shape index (κ2) is 15.7. The Morgan fingerprint density at radius 3 is 2.23 bits per heavy atom. The van der Waals surface area contributed by atoms with Gasteiger partial charge in [-0.1, -0.05) is 58.2 Å². The number of para-hydroxylation sites is 1. The average molecular weight is 664 g/mol. The third-order valence-corrected chi connectivity index (χ3v) is 8.88. The standard InChI is InChI=1S/C36H49N5O7/c1-35(2,3)26(19-29(42)30(23-13-9-7-10-14-23)40-32(44)27-20-37-17-18-38-27)31(43)39-28-22-41(21-25(28)33(45)48-36(4,5)6)34(46)47-24-15-11-8-12-16-24/h8,11-12,15-18,20,23,25-26,28,30H,7,9-10,13-14,19,21-22H2,1-6H3,(H,39,43)(H,40,44)/t25-,26-,28+,30+/m1/s1. The molecule has 0 spiro atoms. The molecule has 4 atom stereocenters. The molecule has 0 unspecified atom stereocenters. The topological polar surface area (TPSA) is 157 Å². The van der Waals surface area contributed by atoms with Crippen molar-refractivity contribution in [3.05, 3.63) is 54.6 Å². The number of hydrogen-bond acceptors (Lipinski definition) is 9. The first-order valence-electron chi connectivity index (χ1n) is 16.8. The highest BCUT2D eigenvalue weighted by Gasteiger charge is 2.45. The highest BCUT2D eigenvalue weighted by atomic mass is 16.6. The molecule has 0 radical (unpaired) electrons. The Balaban J connectivity index is 1.53. The van der Waals surface area contributed by atoms with E-state index in [1.54, 1.807) is 51.1 Å². The first-order chi connectivity index (χ1) is 22.6. The number of nitrogens with zero attached hydrogens (tertiary/aromatic N) is 3. The predicted molar refractivity (Wildman–Crippen MR) is 178 cm³/mol. The molecular formula is C36H49N5O7. The molecule has 2 aromatic rings. The van der Waals surface area contributed by atoms with E-state index in [2.05, 4.69) is 20.6 Å². The van der Waals surface area contributed by atoms with Gasteiger partial charge in [0.1, 0.15) is 17.0 Å². The Morgan fingerprint density at radius 2 is 1.62 bits per heavy atom. The van der Waals surface area contributed by atoms with Crippen molar-refractivity contribution in [1.29, 1.82) is 0 Å². The predicted octanol–water partition coefficient (Wildman–Crippen LogP) is 4.73. The molecular weight excluding hydrogens is 614 g/mol. The molecule has 2 N–H and O–H groups in total. The second-order valence-electron chi connectivity index (χ2n) is 14.9. The van der Waals surface area contributed by atoms with Gasteiger partial charge in [-0.05, 0) is 57.1 Å². The van der Waals surface area contributed by atoms with Crippen molar-refractivity contribution in [3.8, 4) is 5.75 Å². The van der Waals surface area contributed by atoms with E-state index in [0.29, 0.717) is 5.75 Å². The first-order valence-corrected chi connectivity index (χ1v) is 16.8. The molecule has 1 saturated carbocycles. The summed E-state index contributed by atoms with van der Waals surface area (Å²) < 4.78 is 11.2. The van der Waals surface area contributed by atoms with Crippen molar-refractivity contribution < 1.29 is 33.4 Å². The summed E-state index contributed by atoms with van der Waals surface area (Å²) in [5, 5.41) is 5.91. The van der Waals surface area contributed by atoms with Gasteiger partial charge in [-0.2, -0.15) is 0 Å². The molecule has 0 bridgehead atoms. The summed E-state index contributed by atoms with van der Waals surface area (Å²) in [6.07, 6.45) is 8.02. The molecule has 2 aliphatic rings. The summed E-state index contributed by atoms with van der Waals surface area (Å²) in [4.78, 5) is 77.2. The molecule has 1 aliphatic carbocycles. The van der Waals surface area contributed by atoms with Crippen molar-refractivity contribution in [1.82, 2.24) is 25.5 Å². The number of ketones is 1. The van der Waals surface area contributed by atoms with Gasteiger partial charge in [-0.15, -0.1) is 0 Å². The lowest BCUT2D eigenvalue weighted by Gasteiger charge is -2.34. The fraction of sp³-hybridized carbons (Fsp3) is 0.583. The maximum Gasteiger partial charge on any atom is 0.415 e. The van der Waals surface area contributed by atoms with Crippen molar-refractivity contribution in [2.24, 2.45) is 23.2 Å². The Labute approximate surface area is 282 Å². The van der Waals surface area contributed by atoms with Gasteiger partial charge < -0.3 is 25.0 Å². The molecule has 48 heavy (non-hydrogen) atoms. The van der Waals surface area contributed by atoms with Crippen molar-refractivity contribution in [2.45, 2.75) is 97.8 Å². The molecule has 1 saturated heterocycles. The van der Waals surface area contributed by atoms with Crippen LogP contribution in [0.2, 0.25) is 0 Å². The van der Waals surface area contributed by atoms with E-state index in [1.165, 1.54) is 23.5 Å². The Bertz CT molecular complexity index is 1430. The molecule has 3 amide bonds. The number of likely N-dealkylation sites (tertiary alicyclic amines) is 1. The number of benzene rings is 1. The lowest BCUT2D eigenvalue weighted by molar-refractivity contribution is -0.160. The number of Topliss-reactive ketones (excluding diaryl/α,β-unsaturated/α-hetero) is 1. The molecule has 260 valence electrons. The zero-order valence-electron chi connectivity index (χ0n) is 28.9. The van der Waals surface area contributed by atoms with Gasteiger partial charge in [0.2, 0.25) is 5.91 Å². The highest BCUT2D eigenvalue weighted by Crippen LogP contribution is 2.34. The van der Waals surface area contributed by atoms with Crippen molar-refractivity contribution in [2.75, 3.05) is 13.1 Å². The van der Waals surface area contributed by atoms with Crippen molar-refractivity contribution >= 4 is 29.7 Å². The SMILES string of the molecule is CC(C)(C)OC(=O)[C@@H]1CN(C(=O)Oc2ccccc2)C[C@@H]1NC(=O)[C@@H](CC(=O)[C@@H](NC(=O)c1cnccn1)C1CCCCC1)C(C)(C)C. The van der Waals surface area contributed by atoms with Gasteiger partial charge in [0.25, 0.3) is 5.91 Å². The number of ether oxygens (including phenoxy) is 2. The van der Waals surface area contributed by atoms with Crippen LogP contribution in [0.25, 0.3) is 0 Å². The van der Waals surface area contributed by atoms with Crippen molar-refractivity contribution in [3.63, 3.8) is 0 Å². The third-order valence-electron chi connectivity index (χ3n) is 8.88. The lowest BCUT2D eigenvalue weighted by Crippen LogP contribution is -2.51. The lowest BCUT2D eigenvalue weighted by atomic mass is 9.74. The first kappa shape index (κ1) is 36.5. The zero-order chi connectivity index (χ0) is 35.1. The molecule has 2 fully saturated rings. The highest BCUT2D eigenvalue weighted by molar-refractivity contribution is 5.97. The summed E-state index contributed by atoms with van der Waals surface area (Å²) in [5.41, 5.74) is -1.33. The van der Waals surface area contributed by atoms with Gasteiger partial charge in [0.15, 0.2) is 5.78 Å². The average Bonchev–Trinajstić information content (AvgIpc) is 3.46. The zero-order valence-corrected chi connectivity index (χ0v) is 28.9. The number of rotatable bonds is 10. The van der Waals surface area contributed by atoms with Gasteiger partial charge in [-0.3, -0.25) is 24.2 Å². The minimum atomic E-state index is -0.853. The maximum atomic E-state index is 14.1. The number of carbonyl (C=O) groups excluding carboxylic acids is 5. The van der Waals surface area contributed by atoms with E-state index in [-0.39, 0.29) is 36.9 Å². The minimum Gasteiger partial charge on any atom is -0.460 e. The van der Waals surface area contributed by atoms with E-state index >= 15 is 0 Å². The molecule has 1 aliphatic heterocycles. The largest absolute Gasteiger partial charge is 0.460 e.